The number of allylic oxidation sites excluding steroid dienone is 2. The van der Waals surface area contributed by atoms with Gasteiger partial charge in [0.2, 0.25) is 5.67 Å². The Morgan fingerprint density at radius 2 is 2.09 bits per heavy atom. The van der Waals surface area contributed by atoms with Crippen LogP contribution in [0.1, 0.15) is 6.42 Å². The first-order valence-electron chi connectivity index (χ1n) is 3.32. The van der Waals surface area contributed by atoms with Gasteiger partial charge in [-0.2, -0.15) is 0 Å². The Balaban J connectivity index is 2.80. The van der Waals surface area contributed by atoms with Crippen molar-refractivity contribution in [3.05, 3.63) is 24.3 Å². The molecule has 2 nitrogen and oxygen atoms in total. The van der Waals surface area contributed by atoms with E-state index in [0.29, 0.717) is 6.42 Å². The van der Waals surface area contributed by atoms with Gasteiger partial charge in [-0.1, -0.05) is 12.2 Å². The molecule has 0 N–H and O–H groups in total. The van der Waals surface area contributed by atoms with Crippen LogP contribution in [0.25, 0.3) is 0 Å². The van der Waals surface area contributed by atoms with Crippen molar-refractivity contribution in [2.45, 2.75) is 12.1 Å². The highest BCUT2D eigenvalue weighted by Crippen LogP contribution is 2.21. The van der Waals surface area contributed by atoms with Crippen LogP contribution in [-0.2, 0) is 9.53 Å². The number of alkyl halides is 1. The summed E-state index contributed by atoms with van der Waals surface area (Å²) in [6.45, 7) is 0. The monoisotopic (exact) mass is 156 g/mol. The second kappa shape index (κ2) is 2.86. The summed E-state index contributed by atoms with van der Waals surface area (Å²) in [7, 11) is 1.17. The zero-order valence-corrected chi connectivity index (χ0v) is 6.21. The molecule has 0 aromatic heterocycles. The van der Waals surface area contributed by atoms with Crippen LogP contribution in [-0.4, -0.2) is 18.7 Å². The van der Waals surface area contributed by atoms with Gasteiger partial charge in [0.1, 0.15) is 0 Å². The van der Waals surface area contributed by atoms with E-state index >= 15 is 0 Å². The lowest BCUT2D eigenvalue weighted by Crippen LogP contribution is -2.31. The van der Waals surface area contributed by atoms with Crippen LogP contribution in [0.4, 0.5) is 4.39 Å². The van der Waals surface area contributed by atoms with Crippen molar-refractivity contribution in [2.75, 3.05) is 7.11 Å². The minimum Gasteiger partial charge on any atom is -0.466 e. The first-order valence-corrected chi connectivity index (χ1v) is 3.32. The van der Waals surface area contributed by atoms with Crippen molar-refractivity contribution in [1.82, 2.24) is 0 Å². The van der Waals surface area contributed by atoms with E-state index in [0.717, 1.165) is 0 Å². The van der Waals surface area contributed by atoms with Gasteiger partial charge >= 0.3 is 5.97 Å². The molecule has 60 valence electrons. The minimum atomic E-state index is -2.03. The van der Waals surface area contributed by atoms with Crippen LogP contribution < -0.4 is 0 Å². The van der Waals surface area contributed by atoms with E-state index in [-0.39, 0.29) is 0 Å². The molecule has 1 rings (SSSR count). The van der Waals surface area contributed by atoms with Gasteiger partial charge in [0.05, 0.1) is 7.11 Å². The quantitative estimate of drug-likeness (QED) is 0.423. The normalized spacial score (nSPS) is 19.8. The van der Waals surface area contributed by atoms with Crippen LogP contribution in [0.15, 0.2) is 24.3 Å². The van der Waals surface area contributed by atoms with Gasteiger partial charge in [-0.3, -0.25) is 0 Å². The Morgan fingerprint density at radius 1 is 1.55 bits per heavy atom. The molecule has 0 heterocycles. The van der Waals surface area contributed by atoms with Gasteiger partial charge in [-0.05, 0) is 18.6 Å². The number of hydrogen-bond acceptors (Lipinski definition) is 2. The molecule has 0 amide bonds. The van der Waals surface area contributed by atoms with Crippen molar-refractivity contribution in [3.63, 3.8) is 0 Å². The Morgan fingerprint density at radius 3 is 2.55 bits per heavy atom. The fraction of sp³-hybridized carbons (Fsp3) is 0.375. The summed E-state index contributed by atoms with van der Waals surface area (Å²) in [5.74, 6) is -0.871. The van der Waals surface area contributed by atoms with E-state index in [1.165, 1.54) is 19.3 Å². The van der Waals surface area contributed by atoms with Gasteiger partial charge in [0, 0.05) is 0 Å². The number of methoxy groups -OCH3 is 1. The fourth-order valence-electron chi connectivity index (χ4n) is 0.906. The third kappa shape index (κ3) is 1.48. The van der Waals surface area contributed by atoms with E-state index in [4.69, 9.17) is 0 Å². The number of carbonyl (C=O) groups is 1. The van der Waals surface area contributed by atoms with Gasteiger partial charge < -0.3 is 4.74 Å². The SMILES string of the molecule is COC(=O)C1(F)C=CCC=C1. The van der Waals surface area contributed by atoms with E-state index in [2.05, 4.69) is 4.74 Å². The zero-order chi connectivity index (χ0) is 8.32. The van der Waals surface area contributed by atoms with Gasteiger partial charge in [0.25, 0.3) is 0 Å². The average Bonchev–Trinajstić information content (AvgIpc) is 2.04. The maximum Gasteiger partial charge on any atom is 0.351 e. The predicted molar refractivity (Wildman–Crippen MR) is 38.8 cm³/mol. The first kappa shape index (κ1) is 7.98. The number of hydrogen-bond donors (Lipinski definition) is 0. The zero-order valence-electron chi connectivity index (χ0n) is 6.21. The van der Waals surface area contributed by atoms with E-state index in [1.54, 1.807) is 12.2 Å². The van der Waals surface area contributed by atoms with Crippen molar-refractivity contribution >= 4 is 5.97 Å². The van der Waals surface area contributed by atoms with Crippen LogP contribution in [0.5, 0.6) is 0 Å². The number of ether oxygens (including phenoxy) is 1. The molecule has 0 radical (unpaired) electrons. The smallest absolute Gasteiger partial charge is 0.351 e. The molecule has 11 heavy (non-hydrogen) atoms. The van der Waals surface area contributed by atoms with E-state index in [1.807, 2.05) is 0 Å². The van der Waals surface area contributed by atoms with Crippen molar-refractivity contribution in [1.29, 1.82) is 0 Å². The standard InChI is InChI=1S/C8H9FO2/c1-11-7(10)8(9)5-3-2-4-6-8/h3-6H,2H2,1H3. The second-order valence-electron chi connectivity index (χ2n) is 2.30. The molecule has 0 saturated heterocycles. The highest BCUT2D eigenvalue weighted by atomic mass is 19.1. The summed E-state index contributed by atoms with van der Waals surface area (Å²) in [5, 5.41) is 0. The maximum absolute atomic E-state index is 13.3. The van der Waals surface area contributed by atoms with Gasteiger partial charge in [-0.15, -0.1) is 0 Å². The molecule has 1 aliphatic carbocycles. The molecule has 0 bridgehead atoms. The third-order valence-corrected chi connectivity index (χ3v) is 1.49. The van der Waals surface area contributed by atoms with Crippen LogP contribution in [0, 0.1) is 0 Å². The topological polar surface area (TPSA) is 26.3 Å². The number of carbonyl (C=O) groups excluding carboxylic acids is 1. The molecular formula is C8H9FO2. The lowest BCUT2D eigenvalue weighted by molar-refractivity contribution is -0.148. The maximum atomic E-state index is 13.3. The molecule has 0 saturated carbocycles. The van der Waals surface area contributed by atoms with Crippen molar-refractivity contribution in [3.8, 4) is 0 Å². The molecule has 0 aromatic carbocycles. The Kier molecular flexibility index (Phi) is 2.08. The molecule has 0 aliphatic heterocycles. The average molecular weight is 156 g/mol. The van der Waals surface area contributed by atoms with Gasteiger partial charge in [0.15, 0.2) is 0 Å². The molecule has 0 aromatic rings. The first-order chi connectivity index (χ1) is 5.19. The molecular weight excluding hydrogens is 147 g/mol. The highest BCUT2D eigenvalue weighted by Gasteiger charge is 2.34. The molecule has 0 atom stereocenters. The van der Waals surface area contributed by atoms with Crippen molar-refractivity contribution in [2.24, 2.45) is 0 Å². The molecule has 0 fully saturated rings. The Labute approximate surface area is 64.3 Å². The van der Waals surface area contributed by atoms with Gasteiger partial charge in [-0.25, -0.2) is 9.18 Å². The molecule has 1 aliphatic rings. The summed E-state index contributed by atoms with van der Waals surface area (Å²) < 4.78 is 17.6. The lowest BCUT2D eigenvalue weighted by Gasteiger charge is -2.16. The van der Waals surface area contributed by atoms with Crippen LogP contribution in [0.2, 0.25) is 0 Å². The summed E-state index contributed by atoms with van der Waals surface area (Å²) in [5.41, 5.74) is -2.03. The molecule has 0 unspecified atom stereocenters. The Bertz CT molecular complexity index is 206. The van der Waals surface area contributed by atoms with Crippen LogP contribution in [0.3, 0.4) is 0 Å². The predicted octanol–water partition coefficient (Wildman–Crippen LogP) is 1.38. The number of rotatable bonds is 1. The van der Waals surface area contributed by atoms with Crippen LogP contribution >= 0.6 is 0 Å². The lowest BCUT2D eigenvalue weighted by atomic mass is 10.0. The Hall–Kier alpha value is -1.12. The van der Waals surface area contributed by atoms with E-state index < -0.39 is 11.6 Å². The van der Waals surface area contributed by atoms with E-state index in [9.17, 15) is 9.18 Å². The third-order valence-electron chi connectivity index (χ3n) is 1.49. The fourth-order valence-corrected chi connectivity index (χ4v) is 0.906. The second-order valence-corrected chi connectivity index (χ2v) is 2.30. The molecule has 3 heteroatoms. The summed E-state index contributed by atoms with van der Waals surface area (Å²) in [6.07, 6.45) is 6.27. The minimum absolute atomic E-state index is 0.669. The summed E-state index contributed by atoms with van der Waals surface area (Å²) >= 11 is 0. The van der Waals surface area contributed by atoms with Crippen molar-refractivity contribution < 1.29 is 13.9 Å². The summed E-state index contributed by atoms with van der Waals surface area (Å²) in [6, 6.07) is 0. The molecule has 0 spiro atoms. The number of esters is 1. The largest absolute Gasteiger partial charge is 0.466 e. The number of halogens is 1. The summed E-state index contributed by atoms with van der Waals surface area (Å²) in [4.78, 5) is 10.8. The highest BCUT2D eigenvalue weighted by molar-refractivity contribution is 5.84.